The van der Waals surface area contributed by atoms with Gasteiger partial charge >= 0.3 is 0 Å². The van der Waals surface area contributed by atoms with Crippen molar-refractivity contribution in [3.05, 3.63) is 11.8 Å². The van der Waals surface area contributed by atoms with Crippen molar-refractivity contribution in [1.29, 1.82) is 0 Å². The number of carbonyl (C=O) groups excluding carboxylic acids is 2. The number of rotatable bonds is 3. The Morgan fingerprint density at radius 1 is 1.25 bits per heavy atom. The van der Waals surface area contributed by atoms with Gasteiger partial charge in [0, 0.05) is 24.1 Å². The van der Waals surface area contributed by atoms with E-state index in [1.807, 2.05) is 0 Å². The molecule has 0 saturated heterocycles. The maximum Gasteiger partial charge on any atom is 0.241 e. The number of fused-ring (bicyclic) bond motifs is 2. The number of hydrazine groups is 1. The molecule has 2 bridgehead atoms. The van der Waals surface area contributed by atoms with E-state index in [2.05, 4.69) is 24.7 Å². The van der Waals surface area contributed by atoms with Gasteiger partial charge in [0.1, 0.15) is 0 Å². The van der Waals surface area contributed by atoms with Crippen LogP contribution in [0.25, 0.3) is 0 Å². The molecular weight excluding hydrogens is 252 g/mol. The van der Waals surface area contributed by atoms with Gasteiger partial charge in [-0.1, -0.05) is 20.3 Å². The third-order valence-electron chi connectivity index (χ3n) is 5.08. The molecular formula is C16H24N2O2. The van der Waals surface area contributed by atoms with Gasteiger partial charge in [-0.15, -0.1) is 0 Å². The van der Waals surface area contributed by atoms with Crippen molar-refractivity contribution in [2.24, 2.45) is 23.2 Å². The van der Waals surface area contributed by atoms with Crippen molar-refractivity contribution in [2.45, 2.75) is 52.4 Å². The molecule has 0 radical (unpaired) electrons. The minimum absolute atomic E-state index is 0.0225. The molecule has 0 unspecified atom stereocenters. The number of amides is 1. The number of carbonyl (C=O) groups is 2. The van der Waals surface area contributed by atoms with Crippen LogP contribution in [0.4, 0.5) is 0 Å². The normalized spacial score (nSPS) is 34.8. The predicted octanol–water partition coefficient (Wildman–Crippen LogP) is 2.32. The predicted molar refractivity (Wildman–Crippen MR) is 76.3 cm³/mol. The fraction of sp³-hybridized carbons (Fsp3) is 0.750. The van der Waals surface area contributed by atoms with Crippen LogP contribution >= 0.6 is 0 Å². The number of nitrogens with one attached hydrogen (secondary N) is 2. The van der Waals surface area contributed by atoms with Crippen LogP contribution in [0.5, 0.6) is 0 Å². The highest BCUT2D eigenvalue weighted by atomic mass is 16.2. The largest absolute Gasteiger partial charge is 0.303 e. The van der Waals surface area contributed by atoms with Crippen molar-refractivity contribution < 1.29 is 9.59 Å². The van der Waals surface area contributed by atoms with E-state index in [-0.39, 0.29) is 23.0 Å². The third kappa shape index (κ3) is 2.74. The quantitative estimate of drug-likeness (QED) is 0.778. The maximum absolute atomic E-state index is 12.2. The Morgan fingerprint density at radius 2 is 2.05 bits per heavy atom. The van der Waals surface area contributed by atoms with Crippen LogP contribution in [0, 0.1) is 23.2 Å². The molecule has 2 N–H and O–H groups in total. The third-order valence-corrected chi connectivity index (χ3v) is 5.08. The van der Waals surface area contributed by atoms with Gasteiger partial charge in [-0.3, -0.25) is 15.0 Å². The van der Waals surface area contributed by atoms with E-state index in [1.54, 1.807) is 6.08 Å². The Hall–Kier alpha value is -1.32. The maximum atomic E-state index is 12.2. The molecule has 2 saturated carbocycles. The van der Waals surface area contributed by atoms with Crippen molar-refractivity contribution in [2.75, 3.05) is 0 Å². The van der Waals surface area contributed by atoms with Gasteiger partial charge in [0.25, 0.3) is 0 Å². The Bertz CT molecular complexity index is 467. The molecule has 0 aromatic rings. The van der Waals surface area contributed by atoms with Crippen molar-refractivity contribution in [1.82, 2.24) is 10.9 Å². The first-order valence-electron chi connectivity index (χ1n) is 7.72. The zero-order valence-electron chi connectivity index (χ0n) is 12.4. The van der Waals surface area contributed by atoms with Crippen LogP contribution in [0.15, 0.2) is 11.8 Å². The second-order valence-corrected chi connectivity index (χ2v) is 7.55. The van der Waals surface area contributed by atoms with E-state index in [0.29, 0.717) is 12.3 Å². The first-order chi connectivity index (χ1) is 9.43. The molecule has 2 fully saturated rings. The van der Waals surface area contributed by atoms with E-state index in [4.69, 9.17) is 0 Å². The zero-order chi connectivity index (χ0) is 14.3. The summed E-state index contributed by atoms with van der Waals surface area (Å²) in [6, 6.07) is 0. The average molecular weight is 276 g/mol. The Labute approximate surface area is 120 Å². The smallest absolute Gasteiger partial charge is 0.241 e. The fourth-order valence-corrected chi connectivity index (χ4v) is 4.23. The Morgan fingerprint density at radius 3 is 2.65 bits per heavy atom. The van der Waals surface area contributed by atoms with E-state index < -0.39 is 0 Å². The van der Waals surface area contributed by atoms with Crippen molar-refractivity contribution in [3.63, 3.8) is 0 Å². The molecule has 0 spiro atoms. The summed E-state index contributed by atoms with van der Waals surface area (Å²) in [6.45, 7) is 4.16. The zero-order valence-corrected chi connectivity index (χ0v) is 12.4. The second kappa shape index (κ2) is 4.90. The summed E-state index contributed by atoms with van der Waals surface area (Å²) < 4.78 is 0. The van der Waals surface area contributed by atoms with E-state index in [9.17, 15) is 9.59 Å². The molecule has 3 rings (SSSR count). The van der Waals surface area contributed by atoms with Crippen LogP contribution in [0.3, 0.4) is 0 Å². The summed E-state index contributed by atoms with van der Waals surface area (Å²) in [4.78, 5) is 23.9. The van der Waals surface area contributed by atoms with Gasteiger partial charge in [-0.25, -0.2) is 0 Å². The molecule has 0 aromatic heterocycles. The molecule has 20 heavy (non-hydrogen) atoms. The number of allylic oxidation sites excluding steroid dienone is 2. The van der Waals surface area contributed by atoms with Crippen LogP contribution in [-0.2, 0) is 9.59 Å². The summed E-state index contributed by atoms with van der Waals surface area (Å²) in [5, 5.41) is 0. The van der Waals surface area contributed by atoms with Crippen molar-refractivity contribution >= 4 is 11.7 Å². The molecule has 0 heterocycles. The van der Waals surface area contributed by atoms with Crippen LogP contribution < -0.4 is 10.9 Å². The van der Waals surface area contributed by atoms with Gasteiger partial charge in [0.05, 0.1) is 0 Å². The highest BCUT2D eigenvalue weighted by Gasteiger charge is 2.43. The van der Waals surface area contributed by atoms with Crippen LogP contribution in [0.2, 0.25) is 0 Å². The topological polar surface area (TPSA) is 58.2 Å². The standard InChI is InChI=1S/C16H24N2O2/c1-16(2)8-12(7-13(19)9-16)17-18-15(20)14-6-10-3-4-11(14)5-10/h7,10-11,14,17H,3-6,8-9H2,1-2H3,(H,18,20)/t10-,11+,14-/m0/s1. The SMILES string of the molecule is CC1(C)CC(=O)C=C(NNC(=O)[C@H]2C[C@H]3CC[C@@H]2C3)C1. The average Bonchev–Trinajstić information content (AvgIpc) is 2.95. The van der Waals surface area contributed by atoms with Gasteiger partial charge in [-0.05, 0) is 42.9 Å². The molecule has 3 aliphatic rings. The van der Waals surface area contributed by atoms with Crippen LogP contribution in [-0.4, -0.2) is 11.7 Å². The molecule has 110 valence electrons. The number of ketones is 1. The summed E-state index contributed by atoms with van der Waals surface area (Å²) in [7, 11) is 0. The van der Waals surface area contributed by atoms with Crippen molar-refractivity contribution in [3.8, 4) is 0 Å². The molecule has 3 atom stereocenters. The first-order valence-corrected chi connectivity index (χ1v) is 7.72. The highest BCUT2D eigenvalue weighted by Crippen LogP contribution is 2.48. The van der Waals surface area contributed by atoms with Crippen LogP contribution in [0.1, 0.15) is 52.4 Å². The lowest BCUT2D eigenvalue weighted by Crippen LogP contribution is -2.43. The lowest BCUT2D eigenvalue weighted by Gasteiger charge is -2.30. The van der Waals surface area contributed by atoms with Gasteiger partial charge in [0.2, 0.25) is 5.91 Å². The van der Waals surface area contributed by atoms with Gasteiger partial charge in [-0.2, -0.15) is 0 Å². The second-order valence-electron chi connectivity index (χ2n) is 7.55. The summed E-state index contributed by atoms with van der Waals surface area (Å²) >= 11 is 0. The molecule has 1 amide bonds. The highest BCUT2D eigenvalue weighted by molar-refractivity contribution is 5.91. The van der Waals surface area contributed by atoms with Gasteiger partial charge < -0.3 is 5.43 Å². The lowest BCUT2D eigenvalue weighted by molar-refractivity contribution is -0.127. The minimum atomic E-state index is -0.0225. The Balaban J connectivity index is 1.54. The van der Waals surface area contributed by atoms with E-state index >= 15 is 0 Å². The molecule has 0 aromatic carbocycles. The first kappa shape index (κ1) is 13.7. The van der Waals surface area contributed by atoms with E-state index in [0.717, 1.165) is 24.5 Å². The Kier molecular flexibility index (Phi) is 3.35. The molecule has 0 aliphatic heterocycles. The summed E-state index contributed by atoms with van der Waals surface area (Å²) in [6.07, 6.45) is 7.79. The molecule has 4 nitrogen and oxygen atoms in total. The fourth-order valence-electron chi connectivity index (χ4n) is 4.23. The van der Waals surface area contributed by atoms with E-state index in [1.165, 1.54) is 19.3 Å². The summed E-state index contributed by atoms with van der Waals surface area (Å²) in [5.41, 5.74) is 6.63. The number of hydrogen-bond donors (Lipinski definition) is 2. The summed E-state index contributed by atoms with van der Waals surface area (Å²) in [5.74, 6) is 1.77. The number of hydrogen-bond acceptors (Lipinski definition) is 3. The minimum Gasteiger partial charge on any atom is -0.303 e. The monoisotopic (exact) mass is 276 g/mol. The lowest BCUT2D eigenvalue weighted by atomic mass is 9.79. The van der Waals surface area contributed by atoms with Gasteiger partial charge in [0.15, 0.2) is 5.78 Å². The molecule has 3 aliphatic carbocycles. The molecule has 4 heteroatoms.